The van der Waals surface area contributed by atoms with Crippen LogP contribution in [0.5, 0.6) is 28.7 Å². The minimum Gasteiger partial charge on any atom is -0.502 e. The summed E-state index contributed by atoms with van der Waals surface area (Å²) in [6.07, 6.45) is -0.636. The van der Waals surface area contributed by atoms with Crippen LogP contribution < -0.4 is 18.9 Å². The zero-order chi connectivity index (χ0) is 26.4. The molecule has 38 heavy (non-hydrogen) atoms. The van der Waals surface area contributed by atoms with Crippen molar-refractivity contribution in [2.75, 3.05) is 27.6 Å². The number of esters is 2. The minimum absolute atomic E-state index is 0.0666. The first-order valence-electron chi connectivity index (χ1n) is 12.3. The number of phenols is 1. The van der Waals surface area contributed by atoms with Gasteiger partial charge in [-0.2, -0.15) is 0 Å². The van der Waals surface area contributed by atoms with Crippen LogP contribution in [-0.4, -0.2) is 44.7 Å². The molecule has 3 aromatic carbocycles. The van der Waals surface area contributed by atoms with Crippen LogP contribution in [-0.2, 0) is 25.5 Å². The number of benzene rings is 3. The fourth-order valence-corrected chi connectivity index (χ4v) is 5.70. The molecule has 2 aliphatic heterocycles. The first-order chi connectivity index (χ1) is 18.5. The first-order valence-corrected chi connectivity index (χ1v) is 12.3. The average molecular weight is 519 g/mol. The van der Waals surface area contributed by atoms with E-state index in [-0.39, 0.29) is 37.1 Å². The van der Waals surface area contributed by atoms with Crippen LogP contribution in [0.1, 0.15) is 34.3 Å². The van der Waals surface area contributed by atoms with Gasteiger partial charge in [-0.3, -0.25) is 9.59 Å². The SMILES string of the molecule is COc1cc([C@@H]2c3cc4c(cc3[C@@H](OC(=O)Cc3ccccc3)[C@H]3COC(=O)[C@H]23)OCO4)cc(OC)c1O. The van der Waals surface area contributed by atoms with Crippen LogP contribution in [0.2, 0.25) is 0 Å². The zero-order valence-electron chi connectivity index (χ0n) is 20.8. The smallest absolute Gasteiger partial charge is 0.310 e. The monoisotopic (exact) mass is 518 g/mol. The van der Waals surface area contributed by atoms with E-state index in [0.717, 1.165) is 11.1 Å². The van der Waals surface area contributed by atoms with E-state index in [1.165, 1.54) is 14.2 Å². The number of methoxy groups -OCH3 is 2. The molecule has 0 radical (unpaired) electrons. The molecular weight excluding hydrogens is 492 g/mol. The molecule has 1 N–H and O–H groups in total. The Labute approximate surface area is 218 Å². The van der Waals surface area contributed by atoms with Gasteiger partial charge in [0.2, 0.25) is 12.5 Å². The summed E-state index contributed by atoms with van der Waals surface area (Å²) in [4.78, 5) is 26.3. The van der Waals surface area contributed by atoms with Crippen molar-refractivity contribution in [2.24, 2.45) is 11.8 Å². The van der Waals surface area contributed by atoms with Gasteiger partial charge in [0.25, 0.3) is 0 Å². The molecule has 0 amide bonds. The van der Waals surface area contributed by atoms with E-state index < -0.39 is 35.8 Å². The topological polar surface area (TPSA) is 110 Å². The molecule has 1 saturated heterocycles. The molecule has 3 aliphatic rings. The van der Waals surface area contributed by atoms with Gasteiger partial charge in [-0.25, -0.2) is 0 Å². The highest BCUT2D eigenvalue weighted by molar-refractivity contribution is 5.79. The number of cyclic esters (lactones) is 1. The van der Waals surface area contributed by atoms with Crippen LogP contribution in [0, 0.1) is 11.8 Å². The lowest BCUT2D eigenvalue weighted by Gasteiger charge is -2.38. The van der Waals surface area contributed by atoms with Gasteiger partial charge in [0.15, 0.2) is 23.0 Å². The number of carbonyl (C=O) groups excluding carboxylic acids is 2. The molecule has 196 valence electrons. The summed E-state index contributed by atoms with van der Waals surface area (Å²) in [5.74, 6) is -1.05. The van der Waals surface area contributed by atoms with Gasteiger partial charge in [-0.05, 0) is 41.0 Å². The summed E-state index contributed by atoms with van der Waals surface area (Å²) in [5.41, 5.74) is 2.96. The number of aromatic hydroxyl groups is 1. The van der Waals surface area contributed by atoms with Crippen molar-refractivity contribution in [3.8, 4) is 28.7 Å². The third-order valence-corrected chi connectivity index (χ3v) is 7.43. The fraction of sp³-hybridized carbons (Fsp3) is 0.310. The fourth-order valence-electron chi connectivity index (χ4n) is 5.70. The average Bonchev–Trinajstić information content (AvgIpc) is 3.55. The maximum absolute atomic E-state index is 13.2. The molecule has 3 aromatic rings. The number of hydrogen-bond donors (Lipinski definition) is 1. The van der Waals surface area contributed by atoms with E-state index in [1.54, 1.807) is 12.1 Å². The van der Waals surface area contributed by atoms with E-state index in [4.69, 9.17) is 28.4 Å². The van der Waals surface area contributed by atoms with Gasteiger partial charge in [0, 0.05) is 17.4 Å². The maximum atomic E-state index is 13.2. The predicted molar refractivity (Wildman–Crippen MR) is 133 cm³/mol. The van der Waals surface area contributed by atoms with E-state index >= 15 is 0 Å². The lowest BCUT2D eigenvalue weighted by molar-refractivity contribution is -0.153. The molecule has 1 aliphatic carbocycles. The Kier molecular flexibility index (Phi) is 5.98. The molecule has 9 heteroatoms. The van der Waals surface area contributed by atoms with Gasteiger partial charge < -0.3 is 33.5 Å². The van der Waals surface area contributed by atoms with Crippen molar-refractivity contribution < 1.29 is 43.1 Å². The molecule has 0 bridgehead atoms. The highest BCUT2D eigenvalue weighted by atomic mass is 16.7. The molecule has 0 saturated carbocycles. The summed E-state index contributed by atoms with van der Waals surface area (Å²) in [5, 5.41) is 10.5. The number of rotatable bonds is 6. The van der Waals surface area contributed by atoms with Gasteiger partial charge in [-0.15, -0.1) is 0 Å². The second-order valence-electron chi connectivity index (χ2n) is 9.48. The Morgan fingerprint density at radius 1 is 0.947 bits per heavy atom. The van der Waals surface area contributed by atoms with Crippen molar-refractivity contribution >= 4 is 11.9 Å². The molecule has 9 nitrogen and oxygen atoms in total. The quantitative estimate of drug-likeness (QED) is 0.486. The maximum Gasteiger partial charge on any atom is 0.310 e. The summed E-state index contributed by atoms with van der Waals surface area (Å²) in [7, 11) is 2.89. The highest BCUT2D eigenvalue weighted by Crippen LogP contribution is 2.56. The standard InChI is InChI=1S/C29H26O9/c1-33-22-9-16(10-23(34-2)27(22)31)25-17-11-20-21(37-14-36-20)12-18(17)28(19-13-35-29(32)26(19)25)38-24(30)8-15-6-4-3-5-7-15/h3-7,9-12,19,25-26,28,31H,8,13-14H2,1-2H3/t19-,25+,26-,28+/m0/s1. The number of phenolic OH excluding ortho intramolecular Hbond substituents is 1. The molecule has 0 aromatic heterocycles. The van der Waals surface area contributed by atoms with E-state index in [2.05, 4.69) is 0 Å². The molecule has 2 heterocycles. The Bertz CT molecular complexity index is 1380. The highest BCUT2D eigenvalue weighted by Gasteiger charge is 2.54. The van der Waals surface area contributed by atoms with Crippen LogP contribution >= 0.6 is 0 Å². The second-order valence-corrected chi connectivity index (χ2v) is 9.48. The third-order valence-electron chi connectivity index (χ3n) is 7.43. The number of hydrogen-bond acceptors (Lipinski definition) is 9. The molecule has 0 unspecified atom stereocenters. The van der Waals surface area contributed by atoms with Crippen molar-refractivity contribution in [3.63, 3.8) is 0 Å². The van der Waals surface area contributed by atoms with Crippen molar-refractivity contribution in [1.29, 1.82) is 0 Å². The first kappa shape index (κ1) is 24.0. The van der Waals surface area contributed by atoms with E-state index in [9.17, 15) is 14.7 Å². The van der Waals surface area contributed by atoms with Crippen LogP contribution in [0.3, 0.4) is 0 Å². The number of ether oxygens (including phenoxy) is 6. The summed E-state index contributed by atoms with van der Waals surface area (Å²) in [6, 6.07) is 16.3. The Hall–Kier alpha value is -4.40. The molecule has 0 spiro atoms. The lowest BCUT2D eigenvalue weighted by Crippen LogP contribution is -2.36. The van der Waals surface area contributed by atoms with Crippen molar-refractivity contribution in [1.82, 2.24) is 0 Å². The lowest BCUT2D eigenvalue weighted by atomic mass is 9.66. The second kappa shape index (κ2) is 9.48. The summed E-state index contributed by atoms with van der Waals surface area (Å²) in [6.45, 7) is 0.167. The van der Waals surface area contributed by atoms with Gasteiger partial charge in [0.1, 0.15) is 6.10 Å². The predicted octanol–water partition coefficient (Wildman–Crippen LogP) is 3.90. The Morgan fingerprint density at radius 2 is 1.61 bits per heavy atom. The molecule has 4 atom stereocenters. The van der Waals surface area contributed by atoms with Crippen LogP contribution in [0.15, 0.2) is 54.6 Å². The van der Waals surface area contributed by atoms with E-state index in [0.29, 0.717) is 22.6 Å². The van der Waals surface area contributed by atoms with Crippen LogP contribution in [0.4, 0.5) is 0 Å². The summed E-state index contributed by atoms with van der Waals surface area (Å²) >= 11 is 0. The number of fused-ring (bicyclic) bond motifs is 3. The molecular formula is C29H26O9. The normalized spacial score (nSPS) is 22.7. The number of carbonyl (C=O) groups is 2. The third kappa shape index (κ3) is 3.95. The Balaban J connectivity index is 1.47. The van der Waals surface area contributed by atoms with Gasteiger partial charge >= 0.3 is 11.9 Å². The summed E-state index contributed by atoms with van der Waals surface area (Å²) < 4.78 is 33.7. The van der Waals surface area contributed by atoms with Gasteiger partial charge in [0.05, 0.1) is 33.2 Å². The van der Waals surface area contributed by atoms with Crippen LogP contribution in [0.25, 0.3) is 0 Å². The molecule has 6 rings (SSSR count). The zero-order valence-corrected chi connectivity index (χ0v) is 20.8. The van der Waals surface area contributed by atoms with Crippen molar-refractivity contribution in [3.05, 3.63) is 76.9 Å². The van der Waals surface area contributed by atoms with E-state index in [1.807, 2.05) is 42.5 Å². The largest absolute Gasteiger partial charge is 0.502 e. The molecule has 1 fully saturated rings. The van der Waals surface area contributed by atoms with Gasteiger partial charge in [-0.1, -0.05) is 30.3 Å². The van der Waals surface area contributed by atoms with Crippen molar-refractivity contribution in [2.45, 2.75) is 18.4 Å². The minimum atomic E-state index is -0.732. The Morgan fingerprint density at radius 3 is 2.26 bits per heavy atom.